The molecule has 3 aromatic carbocycles. The molecule has 61 heavy (non-hydrogen) atoms. The van der Waals surface area contributed by atoms with Crippen LogP contribution in [0, 0.1) is 15.5 Å². The lowest BCUT2D eigenvalue weighted by Gasteiger charge is -2.36. The fraction of sp³-hybridized carbons (Fsp3) is 0.348. The summed E-state index contributed by atoms with van der Waals surface area (Å²) >= 11 is 6.24. The summed E-state index contributed by atoms with van der Waals surface area (Å²) in [5.41, 5.74) is 5.39. The minimum atomic E-state index is -2.18. The summed E-state index contributed by atoms with van der Waals surface area (Å²) in [6.45, 7) is 8.11. The molecule has 4 heterocycles. The number of nitrogens with zero attached hydrogens (tertiary/aromatic N) is 3. The van der Waals surface area contributed by atoms with E-state index in [4.69, 9.17) is 16.3 Å². The maximum absolute atomic E-state index is 15.2. The number of ether oxygens (including phenoxy) is 1. The zero-order valence-corrected chi connectivity index (χ0v) is 35.8. The number of carbonyl (C=O) groups is 1. The Morgan fingerprint density at radius 3 is 2.57 bits per heavy atom. The predicted octanol–water partition coefficient (Wildman–Crippen LogP) is 9.63. The summed E-state index contributed by atoms with van der Waals surface area (Å²) in [5.74, 6) is -0.0602. The second-order valence-electron chi connectivity index (χ2n) is 16.9. The number of aromatic amines is 1. The number of fused-ring (bicyclic) bond motifs is 1. The highest BCUT2D eigenvalue weighted by Crippen LogP contribution is 2.44. The summed E-state index contributed by atoms with van der Waals surface area (Å²) in [6, 6.07) is 21.1. The molecule has 1 unspecified atom stereocenters. The molecule has 1 saturated heterocycles. The number of alkyl halides is 1. The van der Waals surface area contributed by atoms with E-state index in [1.807, 2.05) is 36.4 Å². The van der Waals surface area contributed by atoms with Crippen molar-refractivity contribution in [2.75, 3.05) is 44.6 Å². The normalized spacial score (nSPS) is 18.3. The van der Waals surface area contributed by atoms with Gasteiger partial charge in [0.25, 0.3) is 11.6 Å². The molecule has 2 aromatic heterocycles. The van der Waals surface area contributed by atoms with Gasteiger partial charge in [-0.25, -0.2) is 13.6 Å². The molecular formula is C46H49ClFN7O5S. The van der Waals surface area contributed by atoms with Gasteiger partial charge in [-0.2, -0.15) is 0 Å². The molecule has 0 radical (unpaired) electrons. The number of hydrogen-bond acceptors (Lipinski definition) is 9. The van der Waals surface area contributed by atoms with E-state index < -0.39 is 27.5 Å². The lowest BCUT2D eigenvalue weighted by atomic mass is 9.72. The molecule has 0 saturated carbocycles. The Morgan fingerprint density at radius 1 is 1.03 bits per heavy atom. The van der Waals surface area contributed by atoms with Crippen LogP contribution in [0.15, 0.2) is 102 Å². The van der Waals surface area contributed by atoms with Crippen LogP contribution in [0.1, 0.15) is 73.9 Å². The van der Waals surface area contributed by atoms with E-state index in [-0.39, 0.29) is 52.4 Å². The van der Waals surface area contributed by atoms with Gasteiger partial charge in [-0.15, -0.1) is 0 Å². The Morgan fingerprint density at radius 2 is 1.82 bits per heavy atom. The molecule has 1 atom stereocenters. The molecule has 3 aliphatic rings. The second-order valence-corrected chi connectivity index (χ2v) is 18.6. The Kier molecular flexibility index (Phi) is 12.4. The minimum absolute atomic E-state index is 0.00790. The lowest BCUT2D eigenvalue weighted by Crippen LogP contribution is -2.43. The van der Waals surface area contributed by atoms with E-state index >= 15 is 4.39 Å². The van der Waals surface area contributed by atoms with Gasteiger partial charge in [0.1, 0.15) is 28.5 Å². The van der Waals surface area contributed by atoms with Gasteiger partial charge in [-0.1, -0.05) is 55.3 Å². The highest BCUT2D eigenvalue weighted by molar-refractivity contribution is 7.83. The van der Waals surface area contributed by atoms with E-state index in [9.17, 15) is 19.1 Å². The molecule has 318 valence electrons. The van der Waals surface area contributed by atoms with Crippen molar-refractivity contribution >= 4 is 62.0 Å². The number of allylic oxidation sites excluding steroid dienone is 1. The second kappa shape index (κ2) is 17.9. The van der Waals surface area contributed by atoms with Crippen molar-refractivity contribution in [3.63, 3.8) is 0 Å². The van der Waals surface area contributed by atoms with E-state index in [2.05, 4.69) is 62.3 Å². The third-order valence-electron chi connectivity index (χ3n) is 11.9. The summed E-state index contributed by atoms with van der Waals surface area (Å²) in [7, 11) is -2.18. The van der Waals surface area contributed by atoms with Crippen molar-refractivity contribution in [1.82, 2.24) is 24.9 Å². The topological polar surface area (TPSA) is 155 Å². The number of nitro benzene ring substituents is 1. The van der Waals surface area contributed by atoms with Crippen LogP contribution in [-0.2, 0) is 11.0 Å². The van der Waals surface area contributed by atoms with Crippen LogP contribution in [0.2, 0.25) is 5.02 Å². The average Bonchev–Trinajstić information content (AvgIpc) is 3.72. The monoisotopic (exact) mass is 865 g/mol. The van der Waals surface area contributed by atoms with Crippen LogP contribution in [0.3, 0.4) is 0 Å². The van der Waals surface area contributed by atoms with E-state index in [1.165, 1.54) is 28.8 Å². The molecule has 2 aliphatic heterocycles. The first kappa shape index (κ1) is 42.3. The molecule has 1 aliphatic carbocycles. The van der Waals surface area contributed by atoms with Gasteiger partial charge >= 0.3 is 0 Å². The fourth-order valence-electron chi connectivity index (χ4n) is 8.38. The summed E-state index contributed by atoms with van der Waals surface area (Å²) < 4.78 is 37.7. The number of pyridine rings is 1. The number of nitrogens with one attached hydrogen (secondary N) is 4. The number of H-pyrrole nitrogens is 1. The van der Waals surface area contributed by atoms with E-state index in [0.29, 0.717) is 24.5 Å². The molecule has 15 heteroatoms. The van der Waals surface area contributed by atoms with Gasteiger partial charge in [0.2, 0.25) is 0 Å². The van der Waals surface area contributed by atoms with Crippen LogP contribution in [0.25, 0.3) is 22.2 Å². The molecule has 4 N–H and O–H groups in total. The van der Waals surface area contributed by atoms with Gasteiger partial charge in [0, 0.05) is 48.9 Å². The standard InChI is InChI=1S/C46H49ClFN7O5S/c1-45(2)15-11-34(39(26-45)31-3-6-35(47)7-4-31)28-54-21-13-30(14-22-54)32-5-9-38(42(24-32)60-36-23-33-12-18-50-43(33)51-27-36)44(56)53-61(59)37-8-10-40(41(25-37)55(57)58)52-29-46(48)16-19-49-20-17-46/h3-10,12-13,18,23-25,27,49,52H,11,14-17,19-22,26,28-29H2,1-2H3,(H,50,51)(H,53,56). The molecular weight excluding hydrogens is 817 g/mol. The Labute approximate surface area is 361 Å². The van der Waals surface area contributed by atoms with Gasteiger partial charge in [-0.05, 0) is 128 Å². The zero-order chi connectivity index (χ0) is 42.7. The highest BCUT2D eigenvalue weighted by Gasteiger charge is 2.33. The smallest absolute Gasteiger partial charge is 0.293 e. The summed E-state index contributed by atoms with van der Waals surface area (Å²) in [6.07, 6.45) is 10.1. The van der Waals surface area contributed by atoms with Crippen molar-refractivity contribution in [2.24, 2.45) is 5.41 Å². The largest absolute Gasteiger partial charge is 0.455 e. The number of aromatic nitrogens is 2. The first-order valence-corrected chi connectivity index (χ1v) is 22.1. The Hall–Kier alpha value is -5.41. The van der Waals surface area contributed by atoms with Crippen molar-refractivity contribution in [3.05, 3.63) is 129 Å². The maximum atomic E-state index is 15.2. The summed E-state index contributed by atoms with van der Waals surface area (Å²) in [5, 5.41) is 19.6. The first-order valence-electron chi connectivity index (χ1n) is 20.6. The minimum Gasteiger partial charge on any atom is -0.455 e. The van der Waals surface area contributed by atoms with Gasteiger partial charge < -0.3 is 20.4 Å². The van der Waals surface area contributed by atoms with Crippen LogP contribution < -0.4 is 20.1 Å². The van der Waals surface area contributed by atoms with E-state index in [0.717, 1.165) is 72.9 Å². The predicted molar refractivity (Wildman–Crippen MR) is 239 cm³/mol. The van der Waals surface area contributed by atoms with Gasteiger partial charge in [-0.3, -0.25) is 24.5 Å². The van der Waals surface area contributed by atoms with Crippen LogP contribution >= 0.6 is 11.6 Å². The molecule has 0 bridgehead atoms. The summed E-state index contributed by atoms with van der Waals surface area (Å²) in [4.78, 5) is 35.3. The third-order valence-corrected chi connectivity index (χ3v) is 13.3. The van der Waals surface area contributed by atoms with Crippen molar-refractivity contribution in [3.8, 4) is 11.5 Å². The van der Waals surface area contributed by atoms with Crippen LogP contribution in [0.5, 0.6) is 11.5 Å². The molecule has 12 nitrogen and oxygen atoms in total. The van der Waals surface area contributed by atoms with Gasteiger partial charge in [0.05, 0.1) is 21.6 Å². The number of benzene rings is 3. The number of carbonyl (C=O) groups excluding carboxylic acids is 1. The Bertz CT molecular complexity index is 2550. The third kappa shape index (κ3) is 10.0. The molecule has 1 amide bonds. The molecule has 1 fully saturated rings. The number of anilines is 1. The van der Waals surface area contributed by atoms with Crippen molar-refractivity contribution < 1.29 is 23.1 Å². The fourth-order valence-corrected chi connectivity index (χ4v) is 9.31. The SMILES string of the molecule is CC1(C)CCC(CN2CC=C(c3ccc(C(=O)NS(=O)c4ccc(NCC5(F)CCNCC5)c([N+](=O)[O-])c4)c(Oc4cnc5[nH]ccc5c4)c3)CC2)=C(c2ccc(Cl)cc2)C1. The number of nitro groups is 1. The average molecular weight is 866 g/mol. The van der Waals surface area contributed by atoms with Crippen molar-refractivity contribution in [1.29, 1.82) is 0 Å². The van der Waals surface area contributed by atoms with Crippen LogP contribution in [0.4, 0.5) is 15.8 Å². The number of halogens is 2. The van der Waals surface area contributed by atoms with Gasteiger partial charge in [0.15, 0.2) is 11.0 Å². The quantitative estimate of drug-likeness (QED) is 0.0669. The molecule has 5 aromatic rings. The lowest BCUT2D eigenvalue weighted by molar-refractivity contribution is -0.384. The number of amides is 1. The van der Waals surface area contributed by atoms with Crippen molar-refractivity contribution in [2.45, 2.75) is 62.9 Å². The number of piperidine rings is 1. The number of hydrogen-bond donors (Lipinski definition) is 4. The van der Waals surface area contributed by atoms with Crippen LogP contribution in [-0.4, -0.2) is 74.8 Å². The Balaban J connectivity index is 1.01. The number of rotatable bonds is 13. The molecule has 0 spiro atoms. The zero-order valence-electron chi connectivity index (χ0n) is 34.2. The van der Waals surface area contributed by atoms with E-state index in [1.54, 1.807) is 18.5 Å². The molecule has 8 rings (SSSR count). The highest BCUT2D eigenvalue weighted by atomic mass is 35.5. The first-order chi connectivity index (χ1) is 29.3. The maximum Gasteiger partial charge on any atom is 0.293 e.